The first-order chi connectivity index (χ1) is 10.8. The van der Waals surface area contributed by atoms with Gasteiger partial charge in [0.1, 0.15) is 5.75 Å². The van der Waals surface area contributed by atoms with Gasteiger partial charge in [-0.15, -0.1) is 0 Å². The Hall–Kier alpha value is -3.08. The van der Waals surface area contributed by atoms with E-state index in [1.807, 2.05) is 30.3 Å². The molecule has 3 aromatic rings. The molecule has 0 aliphatic rings. The standard InChI is InChI=1S/C17H15N3O2/c1-22-15-7-5-12(6-8-15)17(21)19-14-4-2-3-13(11-14)16-9-10-18-20-16/h2-11H,1H3,(H,18,20)(H,19,21). The number of anilines is 1. The molecule has 5 nitrogen and oxygen atoms in total. The van der Waals surface area contributed by atoms with Gasteiger partial charge in [0.05, 0.1) is 12.8 Å². The molecule has 2 N–H and O–H groups in total. The molecule has 22 heavy (non-hydrogen) atoms. The molecular weight excluding hydrogens is 278 g/mol. The number of aromatic amines is 1. The van der Waals surface area contributed by atoms with Crippen molar-refractivity contribution in [1.82, 2.24) is 10.2 Å². The Bertz CT molecular complexity index is 765. The molecule has 2 aromatic carbocycles. The number of aromatic nitrogens is 2. The molecule has 0 fully saturated rings. The SMILES string of the molecule is COc1ccc(C(=O)Nc2cccc(-c3ccn[nH]3)c2)cc1. The van der Waals surface area contributed by atoms with Crippen LogP contribution in [0.2, 0.25) is 0 Å². The van der Waals surface area contributed by atoms with Crippen molar-refractivity contribution in [3.05, 3.63) is 66.4 Å². The fourth-order valence-electron chi connectivity index (χ4n) is 2.13. The molecule has 0 saturated carbocycles. The van der Waals surface area contributed by atoms with Crippen molar-refractivity contribution in [2.24, 2.45) is 0 Å². The lowest BCUT2D eigenvalue weighted by Gasteiger charge is -2.07. The first-order valence-corrected chi connectivity index (χ1v) is 6.81. The van der Waals surface area contributed by atoms with Crippen LogP contribution in [0.25, 0.3) is 11.3 Å². The summed E-state index contributed by atoms with van der Waals surface area (Å²) in [5, 5.41) is 9.71. The Balaban J connectivity index is 1.77. The molecule has 0 radical (unpaired) electrons. The zero-order chi connectivity index (χ0) is 15.4. The Morgan fingerprint density at radius 3 is 2.64 bits per heavy atom. The van der Waals surface area contributed by atoms with Gasteiger partial charge in [0.2, 0.25) is 0 Å². The number of nitrogens with zero attached hydrogens (tertiary/aromatic N) is 1. The van der Waals surface area contributed by atoms with Gasteiger partial charge in [-0.3, -0.25) is 9.89 Å². The minimum Gasteiger partial charge on any atom is -0.497 e. The third-order valence-corrected chi connectivity index (χ3v) is 3.28. The number of benzene rings is 2. The number of nitrogens with one attached hydrogen (secondary N) is 2. The quantitative estimate of drug-likeness (QED) is 0.775. The van der Waals surface area contributed by atoms with E-state index < -0.39 is 0 Å². The lowest BCUT2D eigenvalue weighted by molar-refractivity contribution is 0.102. The zero-order valence-electron chi connectivity index (χ0n) is 12.0. The van der Waals surface area contributed by atoms with Gasteiger partial charge in [-0.2, -0.15) is 5.10 Å². The van der Waals surface area contributed by atoms with Crippen molar-refractivity contribution in [1.29, 1.82) is 0 Å². The molecule has 0 spiro atoms. The topological polar surface area (TPSA) is 67.0 Å². The van der Waals surface area contributed by atoms with E-state index in [1.165, 1.54) is 0 Å². The van der Waals surface area contributed by atoms with Crippen molar-refractivity contribution in [2.45, 2.75) is 0 Å². The van der Waals surface area contributed by atoms with E-state index in [-0.39, 0.29) is 5.91 Å². The van der Waals surface area contributed by atoms with E-state index in [0.717, 1.165) is 22.7 Å². The monoisotopic (exact) mass is 293 g/mol. The highest BCUT2D eigenvalue weighted by Crippen LogP contribution is 2.21. The zero-order valence-corrected chi connectivity index (χ0v) is 12.0. The summed E-state index contributed by atoms with van der Waals surface area (Å²) < 4.78 is 5.08. The van der Waals surface area contributed by atoms with Crippen LogP contribution in [-0.4, -0.2) is 23.2 Å². The fourth-order valence-corrected chi connectivity index (χ4v) is 2.13. The lowest BCUT2D eigenvalue weighted by Crippen LogP contribution is -2.11. The predicted octanol–water partition coefficient (Wildman–Crippen LogP) is 3.34. The van der Waals surface area contributed by atoms with Crippen LogP contribution >= 0.6 is 0 Å². The first kappa shape index (κ1) is 13.9. The smallest absolute Gasteiger partial charge is 0.255 e. The molecule has 0 bridgehead atoms. The van der Waals surface area contributed by atoms with Crippen LogP contribution < -0.4 is 10.1 Å². The summed E-state index contributed by atoms with van der Waals surface area (Å²) >= 11 is 0. The van der Waals surface area contributed by atoms with Gasteiger partial charge in [0.25, 0.3) is 5.91 Å². The number of hydrogen-bond acceptors (Lipinski definition) is 3. The largest absolute Gasteiger partial charge is 0.497 e. The highest BCUT2D eigenvalue weighted by molar-refractivity contribution is 6.04. The number of hydrogen-bond donors (Lipinski definition) is 2. The lowest BCUT2D eigenvalue weighted by atomic mass is 10.1. The average molecular weight is 293 g/mol. The summed E-state index contributed by atoms with van der Waals surface area (Å²) in [5.74, 6) is 0.558. The second kappa shape index (κ2) is 6.13. The van der Waals surface area contributed by atoms with Gasteiger partial charge in [0, 0.05) is 23.0 Å². The van der Waals surface area contributed by atoms with E-state index in [2.05, 4.69) is 15.5 Å². The molecular formula is C17H15N3O2. The van der Waals surface area contributed by atoms with E-state index in [4.69, 9.17) is 4.74 Å². The fraction of sp³-hybridized carbons (Fsp3) is 0.0588. The molecule has 1 heterocycles. The number of carbonyl (C=O) groups excluding carboxylic acids is 1. The van der Waals surface area contributed by atoms with Crippen LogP contribution in [0.3, 0.4) is 0 Å². The summed E-state index contributed by atoms with van der Waals surface area (Å²) in [5.41, 5.74) is 3.17. The van der Waals surface area contributed by atoms with Crippen LogP contribution in [0.4, 0.5) is 5.69 Å². The van der Waals surface area contributed by atoms with E-state index in [0.29, 0.717) is 5.56 Å². The third kappa shape index (κ3) is 2.98. The van der Waals surface area contributed by atoms with Gasteiger partial charge < -0.3 is 10.1 Å². The third-order valence-electron chi connectivity index (χ3n) is 3.28. The molecule has 110 valence electrons. The number of rotatable bonds is 4. The number of methoxy groups -OCH3 is 1. The summed E-state index contributed by atoms with van der Waals surface area (Å²) in [6.45, 7) is 0. The van der Waals surface area contributed by atoms with Crippen LogP contribution in [0.1, 0.15) is 10.4 Å². The summed E-state index contributed by atoms with van der Waals surface area (Å²) in [7, 11) is 1.59. The number of H-pyrrole nitrogens is 1. The van der Waals surface area contributed by atoms with Crippen LogP contribution in [0.15, 0.2) is 60.8 Å². The maximum absolute atomic E-state index is 12.2. The van der Waals surface area contributed by atoms with Gasteiger partial charge in [-0.1, -0.05) is 12.1 Å². The minimum atomic E-state index is -0.163. The molecule has 0 aliphatic carbocycles. The number of amides is 1. The van der Waals surface area contributed by atoms with Crippen molar-refractivity contribution >= 4 is 11.6 Å². The van der Waals surface area contributed by atoms with Crippen molar-refractivity contribution in [2.75, 3.05) is 12.4 Å². The summed E-state index contributed by atoms with van der Waals surface area (Å²) in [6, 6.07) is 16.4. The maximum Gasteiger partial charge on any atom is 0.255 e. The summed E-state index contributed by atoms with van der Waals surface area (Å²) in [4.78, 5) is 12.2. The Morgan fingerprint density at radius 2 is 1.95 bits per heavy atom. The second-order valence-corrected chi connectivity index (χ2v) is 4.73. The van der Waals surface area contributed by atoms with E-state index in [1.54, 1.807) is 37.6 Å². The first-order valence-electron chi connectivity index (χ1n) is 6.81. The van der Waals surface area contributed by atoms with Gasteiger partial charge >= 0.3 is 0 Å². The molecule has 1 aromatic heterocycles. The van der Waals surface area contributed by atoms with Crippen LogP contribution in [0.5, 0.6) is 5.75 Å². The van der Waals surface area contributed by atoms with Crippen molar-refractivity contribution in [3.8, 4) is 17.0 Å². The minimum absolute atomic E-state index is 0.163. The summed E-state index contributed by atoms with van der Waals surface area (Å²) in [6.07, 6.45) is 1.69. The predicted molar refractivity (Wildman–Crippen MR) is 85.0 cm³/mol. The average Bonchev–Trinajstić information content (AvgIpc) is 3.10. The van der Waals surface area contributed by atoms with Crippen LogP contribution in [0, 0.1) is 0 Å². The molecule has 0 saturated heterocycles. The normalized spacial score (nSPS) is 10.2. The van der Waals surface area contributed by atoms with Crippen molar-refractivity contribution < 1.29 is 9.53 Å². The Kier molecular flexibility index (Phi) is 3.87. The van der Waals surface area contributed by atoms with Crippen LogP contribution in [-0.2, 0) is 0 Å². The molecule has 1 amide bonds. The Morgan fingerprint density at radius 1 is 1.14 bits per heavy atom. The van der Waals surface area contributed by atoms with Crippen molar-refractivity contribution in [3.63, 3.8) is 0 Å². The van der Waals surface area contributed by atoms with Gasteiger partial charge in [0.15, 0.2) is 0 Å². The number of carbonyl (C=O) groups is 1. The maximum atomic E-state index is 12.2. The van der Waals surface area contributed by atoms with Gasteiger partial charge in [-0.25, -0.2) is 0 Å². The highest BCUT2D eigenvalue weighted by Gasteiger charge is 2.07. The molecule has 0 atom stereocenters. The second-order valence-electron chi connectivity index (χ2n) is 4.73. The Labute approximate surface area is 127 Å². The van der Waals surface area contributed by atoms with Gasteiger partial charge in [-0.05, 0) is 42.5 Å². The molecule has 0 aliphatic heterocycles. The number of ether oxygens (including phenoxy) is 1. The molecule has 3 rings (SSSR count). The van der Waals surface area contributed by atoms with E-state index in [9.17, 15) is 4.79 Å². The molecule has 5 heteroatoms. The van der Waals surface area contributed by atoms with E-state index >= 15 is 0 Å². The molecule has 0 unspecified atom stereocenters. The highest BCUT2D eigenvalue weighted by atomic mass is 16.5.